The van der Waals surface area contributed by atoms with Crippen LogP contribution in [0.15, 0.2) is 18.2 Å². The zero-order valence-electron chi connectivity index (χ0n) is 11.7. The molecule has 1 aliphatic carbocycles. The first kappa shape index (κ1) is 13.5. The van der Waals surface area contributed by atoms with E-state index >= 15 is 0 Å². The number of aromatic carboxylic acids is 1. The van der Waals surface area contributed by atoms with E-state index in [0.717, 1.165) is 29.9 Å². The van der Waals surface area contributed by atoms with Gasteiger partial charge >= 0.3 is 5.97 Å². The van der Waals surface area contributed by atoms with Crippen molar-refractivity contribution in [1.29, 1.82) is 0 Å². The second-order valence-corrected chi connectivity index (χ2v) is 6.31. The van der Waals surface area contributed by atoms with Gasteiger partial charge in [-0.3, -0.25) is 0 Å². The summed E-state index contributed by atoms with van der Waals surface area (Å²) in [5, 5.41) is 9.33. The highest BCUT2D eigenvalue weighted by Crippen LogP contribution is 2.42. The average Bonchev–Trinajstić information content (AvgIpc) is 3.18. The van der Waals surface area contributed by atoms with Gasteiger partial charge in [0.15, 0.2) is 0 Å². The summed E-state index contributed by atoms with van der Waals surface area (Å²) in [5.74, 6) is 1.67. The summed E-state index contributed by atoms with van der Waals surface area (Å²) < 4.78 is 2.25. The molecule has 2 aromatic rings. The summed E-state index contributed by atoms with van der Waals surface area (Å²) in [5.41, 5.74) is 1.89. The fourth-order valence-corrected chi connectivity index (χ4v) is 3.35. The van der Waals surface area contributed by atoms with Crippen molar-refractivity contribution in [2.24, 2.45) is 0 Å². The van der Waals surface area contributed by atoms with Crippen LogP contribution in [-0.2, 0) is 0 Å². The van der Waals surface area contributed by atoms with Crippen molar-refractivity contribution in [1.82, 2.24) is 9.55 Å². The van der Waals surface area contributed by atoms with Gasteiger partial charge in [0.1, 0.15) is 11.3 Å². The predicted molar refractivity (Wildman–Crippen MR) is 81.8 cm³/mol. The number of carbonyl (C=O) groups is 1. The number of benzene rings is 1. The van der Waals surface area contributed by atoms with E-state index in [9.17, 15) is 9.90 Å². The van der Waals surface area contributed by atoms with E-state index in [-0.39, 0.29) is 0 Å². The van der Waals surface area contributed by atoms with Crippen molar-refractivity contribution in [2.75, 3.05) is 12.0 Å². The third-order valence-electron chi connectivity index (χ3n) is 3.77. The van der Waals surface area contributed by atoms with Crippen LogP contribution in [0, 0.1) is 0 Å². The summed E-state index contributed by atoms with van der Waals surface area (Å²) in [6.07, 6.45) is 4.42. The Hall–Kier alpha value is -1.49. The standard InChI is InChI=1S/C15H18N2O2S/c1-9(8-20-2)17-12-5-3-4-11(15(18)19)13(12)16-14(17)10-6-7-10/h3-5,9-10H,6-8H2,1-2H3,(H,18,19). The van der Waals surface area contributed by atoms with Crippen LogP contribution in [0.4, 0.5) is 0 Å². The van der Waals surface area contributed by atoms with E-state index in [4.69, 9.17) is 0 Å². The van der Waals surface area contributed by atoms with Crippen molar-refractivity contribution >= 4 is 28.8 Å². The van der Waals surface area contributed by atoms with Crippen LogP contribution in [0.2, 0.25) is 0 Å². The summed E-state index contributed by atoms with van der Waals surface area (Å²) in [6, 6.07) is 5.76. The Morgan fingerprint density at radius 3 is 2.90 bits per heavy atom. The molecule has 4 nitrogen and oxygen atoms in total. The molecular formula is C15H18N2O2S. The number of aromatic nitrogens is 2. The minimum absolute atomic E-state index is 0.305. The largest absolute Gasteiger partial charge is 0.478 e. The number of carboxylic acids is 1. The maximum absolute atomic E-state index is 11.4. The van der Waals surface area contributed by atoms with Gasteiger partial charge in [-0.1, -0.05) is 6.07 Å². The van der Waals surface area contributed by atoms with E-state index in [2.05, 4.69) is 22.7 Å². The molecular weight excluding hydrogens is 272 g/mol. The maximum atomic E-state index is 11.4. The number of thioether (sulfide) groups is 1. The van der Waals surface area contributed by atoms with Crippen molar-refractivity contribution < 1.29 is 9.90 Å². The molecule has 0 aliphatic heterocycles. The minimum Gasteiger partial charge on any atom is -0.478 e. The van der Waals surface area contributed by atoms with E-state index < -0.39 is 5.97 Å². The second-order valence-electron chi connectivity index (χ2n) is 5.40. The Morgan fingerprint density at radius 1 is 1.55 bits per heavy atom. The second kappa shape index (κ2) is 5.13. The van der Waals surface area contributed by atoms with Crippen LogP contribution in [0.5, 0.6) is 0 Å². The minimum atomic E-state index is -0.903. The third-order valence-corrected chi connectivity index (χ3v) is 4.58. The molecule has 5 heteroatoms. The van der Waals surface area contributed by atoms with Crippen LogP contribution >= 0.6 is 11.8 Å². The molecule has 0 bridgehead atoms. The molecule has 106 valence electrons. The Labute approximate surface area is 122 Å². The lowest BCUT2D eigenvalue weighted by Gasteiger charge is -2.16. The van der Waals surface area contributed by atoms with Gasteiger partial charge in [0.25, 0.3) is 0 Å². The van der Waals surface area contributed by atoms with Gasteiger partial charge in [-0.2, -0.15) is 11.8 Å². The normalized spacial score (nSPS) is 16.5. The number of rotatable bonds is 5. The van der Waals surface area contributed by atoms with Crippen LogP contribution in [-0.4, -0.2) is 32.6 Å². The fourth-order valence-electron chi connectivity index (χ4n) is 2.72. The lowest BCUT2D eigenvalue weighted by molar-refractivity contribution is 0.0699. The van der Waals surface area contributed by atoms with E-state index in [1.807, 2.05) is 12.1 Å². The van der Waals surface area contributed by atoms with Crippen LogP contribution in [0.1, 0.15) is 47.9 Å². The van der Waals surface area contributed by atoms with Crippen molar-refractivity contribution in [3.05, 3.63) is 29.6 Å². The molecule has 1 aromatic heterocycles. The molecule has 1 heterocycles. The SMILES string of the molecule is CSCC(C)n1c(C2CC2)nc2c(C(=O)O)cccc21. The first-order valence-corrected chi connectivity index (χ1v) is 8.26. The van der Waals surface area contributed by atoms with Crippen molar-refractivity contribution in [2.45, 2.75) is 31.7 Å². The van der Waals surface area contributed by atoms with Crippen LogP contribution in [0.3, 0.4) is 0 Å². The summed E-state index contributed by atoms with van der Waals surface area (Å²) in [6.45, 7) is 2.18. The molecule has 3 rings (SSSR count). The van der Waals surface area contributed by atoms with Gasteiger partial charge in [0, 0.05) is 17.7 Å². The van der Waals surface area contributed by atoms with Crippen molar-refractivity contribution in [3.8, 4) is 0 Å². The molecule has 1 N–H and O–H groups in total. The maximum Gasteiger partial charge on any atom is 0.337 e. The lowest BCUT2D eigenvalue weighted by atomic mass is 10.2. The van der Waals surface area contributed by atoms with Gasteiger partial charge in [-0.15, -0.1) is 0 Å². The summed E-state index contributed by atoms with van der Waals surface area (Å²) in [4.78, 5) is 16.0. The lowest BCUT2D eigenvalue weighted by Crippen LogP contribution is -2.11. The molecule has 0 spiro atoms. The highest BCUT2D eigenvalue weighted by molar-refractivity contribution is 7.98. The first-order chi connectivity index (χ1) is 9.63. The summed E-state index contributed by atoms with van der Waals surface area (Å²) >= 11 is 1.80. The number of nitrogens with zero attached hydrogens (tertiary/aromatic N) is 2. The Kier molecular flexibility index (Phi) is 3.46. The molecule has 0 radical (unpaired) electrons. The fraction of sp³-hybridized carbons (Fsp3) is 0.467. The molecule has 1 atom stereocenters. The zero-order valence-corrected chi connectivity index (χ0v) is 12.5. The average molecular weight is 290 g/mol. The third kappa shape index (κ3) is 2.20. The highest BCUT2D eigenvalue weighted by atomic mass is 32.2. The smallest absolute Gasteiger partial charge is 0.337 e. The molecule has 20 heavy (non-hydrogen) atoms. The van der Waals surface area contributed by atoms with Crippen LogP contribution in [0.25, 0.3) is 11.0 Å². The Bertz CT molecular complexity index is 661. The number of para-hydroxylation sites is 1. The number of hydrogen-bond acceptors (Lipinski definition) is 3. The first-order valence-electron chi connectivity index (χ1n) is 6.86. The molecule has 1 aromatic carbocycles. The van der Waals surface area contributed by atoms with Gasteiger partial charge in [0.05, 0.1) is 11.1 Å². The topological polar surface area (TPSA) is 55.1 Å². The van der Waals surface area contributed by atoms with Crippen molar-refractivity contribution in [3.63, 3.8) is 0 Å². The van der Waals surface area contributed by atoms with Gasteiger partial charge in [-0.25, -0.2) is 9.78 Å². The molecule has 1 aliphatic rings. The van der Waals surface area contributed by atoms with E-state index in [1.54, 1.807) is 17.8 Å². The molecule has 1 fully saturated rings. The highest BCUT2D eigenvalue weighted by Gasteiger charge is 2.31. The molecule has 1 unspecified atom stereocenters. The van der Waals surface area contributed by atoms with E-state index in [0.29, 0.717) is 23.0 Å². The molecule has 0 amide bonds. The molecule has 1 saturated carbocycles. The predicted octanol–water partition coefficient (Wildman–Crippen LogP) is 3.54. The molecule has 0 saturated heterocycles. The number of carboxylic acid groups (broad SMARTS) is 1. The van der Waals surface area contributed by atoms with Crippen LogP contribution < -0.4 is 0 Å². The van der Waals surface area contributed by atoms with E-state index in [1.165, 1.54) is 0 Å². The monoisotopic (exact) mass is 290 g/mol. The Morgan fingerprint density at radius 2 is 2.30 bits per heavy atom. The van der Waals surface area contributed by atoms with Gasteiger partial charge in [0.2, 0.25) is 0 Å². The quantitative estimate of drug-likeness (QED) is 0.915. The number of fused-ring (bicyclic) bond motifs is 1. The van der Waals surface area contributed by atoms with Gasteiger partial charge in [-0.05, 0) is 38.2 Å². The number of imidazole rings is 1. The zero-order chi connectivity index (χ0) is 14.3. The number of hydrogen-bond donors (Lipinski definition) is 1. The Balaban J connectivity index is 2.22. The summed E-state index contributed by atoms with van der Waals surface area (Å²) in [7, 11) is 0. The van der Waals surface area contributed by atoms with Gasteiger partial charge < -0.3 is 9.67 Å².